The van der Waals surface area contributed by atoms with Crippen molar-refractivity contribution in [3.05, 3.63) is 52.4 Å². The molecular formula is C16H14O3. The third kappa shape index (κ3) is 1.87. The first-order valence-electron chi connectivity index (χ1n) is 6.26. The van der Waals surface area contributed by atoms with Crippen LogP contribution in [-0.4, -0.2) is 7.11 Å². The lowest BCUT2D eigenvalue weighted by atomic mass is 10.0. The molecule has 19 heavy (non-hydrogen) atoms. The van der Waals surface area contributed by atoms with Crippen LogP contribution in [-0.2, 0) is 6.42 Å². The molecule has 0 unspecified atom stereocenters. The van der Waals surface area contributed by atoms with Gasteiger partial charge in [-0.05, 0) is 35.6 Å². The molecule has 0 aliphatic heterocycles. The summed E-state index contributed by atoms with van der Waals surface area (Å²) in [7, 11) is 1.59. The molecule has 2 aromatic carbocycles. The van der Waals surface area contributed by atoms with Crippen LogP contribution < -0.4 is 10.4 Å². The Labute approximate surface area is 110 Å². The Morgan fingerprint density at radius 1 is 1.05 bits per heavy atom. The minimum Gasteiger partial charge on any atom is -0.497 e. The summed E-state index contributed by atoms with van der Waals surface area (Å²) in [5, 5.41) is 2.49. The lowest BCUT2D eigenvalue weighted by Crippen LogP contribution is -2.00. The second-order valence-electron chi connectivity index (χ2n) is 4.49. The van der Waals surface area contributed by atoms with E-state index in [4.69, 9.17) is 9.15 Å². The average Bonchev–Trinajstić information content (AvgIpc) is 2.46. The molecule has 0 radical (unpaired) electrons. The van der Waals surface area contributed by atoms with Gasteiger partial charge in [0.05, 0.1) is 12.5 Å². The number of rotatable bonds is 2. The monoisotopic (exact) mass is 254 g/mol. The van der Waals surface area contributed by atoms with Gasteiger partial charge >= 0.3 is 5.63 Å². The van der Waals surface area contributed by atoms with E-state index in [1.54, 1.807) is 13.2 Å². The summed E-state index contributed by atoms with van der Waals surface area (Å²) in [6.45, 7) is 2.06. The van der Waals surface area contributed by atoms with Crippen LogP contribution in [0.3, 0.4) is 0 Å². The Morgan fingerprint density at radius 3 is 2.58 bits per heavy atom. The Bertz CT molecular complexity index is 815. The number of benzene rings is 2. The van der Waals surface area contributed by atoms with Gasteiger partial charge in [0, 0.05) is 11.5 Å². The van der Waals surface area contributed by atoms with Gasteiger partial charge in [0.1, 0.15) is 11.3 Å². The summed E-state index contributed by atoms with van der Waals surface area (Å²) in [5.74, 6) is 0.681. The fourth-order valence-corrected chi connectivity index (χ4v) is 2.31. The van der Waals surface area contributed by atoms with E-state index in [9.17, 15) is 4.79 Å². The molecule has 0 atom stereocenters. The molecule has 1 aromatic heterocycles. The highest BCUT2D eigenvalue weighted by atomic mass is 16.5. The molecule has 0 spiro atoms. The van der Waals surface area contributed by atoms with Crippen molar-refractivity contribution >= 4 is 21.7 Å². The molecule has 3 aromatic rings. The molecular weight excluding hydrogens is 240 g/mol. The molecule has 3 heteroatoms. The van der Waals surface area contributed by atoms with Gasteiger partial charge in [-0.15, -0.1) is 0 Å². The quantitative estimate of drug-likeness (QED) is 0.519. The molecule has 0 fully saturated rings. The van der Waals surface area contributed by atoms with Gasteiger partial charge in [0.25, 0.3) is 0 Å². The number of aryl methyl sites for hydroxylation is 1. The first kappa shape index (κ1) is 11.8. The molecule has 0 aliphatic rings. The lowest BCUT2D eigenvalue weighted by Gasteiger charge is -2.05. The fourth-order valence-electron chi connectivity index (χ4n) is 2.31. The van der Waals surface area contributed by atoms with Gasteiger partial charge in [-0.2, -0.15) is 0 Å². The highest BCUT2D eigenvalue weighted by Crippen LogP contribution is 2.26. The lowest BCUT2D eigenvalue weighted by molar-refractivity contribution is 0.414. The molecule has 0 aliphatic carbocycles. The molecule has 3 nitrogen and oxygen atoms in total. The van der Waals surface area contributed by atoms with Crippen molar-refractivity contribution in [3.63, 3.8) is 0 Å². The minimum atomic E-state index is -0.300. The highest BCUT2D eigenvalue weighted by molar-refractivity contribution is 6.04. The topological polar surface area (TPSA) is 39.4 Å². The van der Waals surface area contributed by atoms with Gasteiger partial charge in [0.15, 0.2) is 0 Å². The second-order valence-corrected chi connectivity index (χ2v) is 4.49. The van der Waals surface area contributed by atoms with Crippen LogP contribution in [0.1, 0.15) is 12.5 Å². The number of methoxy groups -OCH3 is 1. The van der Waals surface area contributed by atoms with E-state index in [0.29, 0.717) is 16.7 Å². The summed E-state index contributed by atoms with van der Waals surface area (Å²) in [4.78, 5) is 12.1. The van der Waals surface area contributed by atoms with Crippen LogP contribution >= 0.6 is 0 Å². The zero-order valence-corrected chi connectivity index (χ0v) is 10.9. The van der Waals surface area contributed by atoms with E-state index < -0.39 is 0 Å². The number of hydrogen-bond acceptors (Lipinski definition) is 3. The zero-order valence-electron chi connectivity index (χ0n) is 10.9. The molecule has 0 bridgehead atoms. The summed E-state index contributed by atoms with van der Waals surface area (Å²) in [6.07, 6.45) is 0.899. The first-order chi connectivity index (χ1) is 9.22. The molecule has 0 amide bonds. The van der Waals surface area contributed by atoms with E-state index in [1.807, 2.05) is 30.3 Å². The minimum absolute atomic E-state index is 0.300. The van der Waals surface area contributed by atoms with Gasteiger partial charge in [-0.25, -0.2) is 4.79 Å². The van der Waals surface area contributed by atoms with Gasteiger partial charge in [0.2, 0.25) is 0 Å². The predicted octanol–water partition coefficient (Wildman–Crippen LogP) is 3.52. The Morgan fingerprint density at radius 2 is 1.84 bits per heavy atom. The number of hydrogen-bond donors (Lipinski definition) is 0. The normalized spacial score (nSPS) is 11.1. The van der Waals surface area contributed by atoms with Crippen LogP contribution in [0.15, 0.2) is 45.6 Å². The van der Waals surface area contributed by atoms with Crippen LogP contribution in [0, 0.1) is 0 Å². The third-order valence-corrected chi connectivity index (χ3v) is 3.39. The average molecular weight is 254 g/mol. The Hall–Kier alpha value is -2.29. The van der Waals surface area contributed by atoms with Crippen molar-refractivity contribution in [2.45, 2.75) is 13.3 Å². The van der Waals surface area contributed by atoms with Crippen molar-refractivity contribution in [3.8, 4) is 5.75 Å². The third-order valence-electron chi connectivity index (χ3n) is 3.39. The summed E-state index contributed by atoms with van der Waals surface area (Å²) in [5.41, 5.74) is 1.39. The summed E-state index contributed by atoms with van der Waals surface area (Å²) in [6, 6.07) is 11.5. The smallest absolute Gasteiger partial charge is 0.344 e. The maximum Gasteiger partial charge on any atom is 0.344 e. The van der Waals surface area contributed by atoms with Crippen LogP contribution in [0.5, 0.6) is 5.75 Å². The van der Waals surface area contributed by atoms with Gasteiger partial charge in [-0.1, -0.05) is 19.1 Å². The Kier molecular flexibility index (Phi) is 2.75. The van der Waals surface area contributed by atoms with Crippen molar-refractivity contribution in [2.75, 3.05) is 7.11 Å². The molecule has 96 valence electrons. The van der Waals surface area contributed by atoms with E-state index in [-0.39, 0.29) is 5.63 Å². The number of ether oxygens (including phenoxy) is 1. The standard InChI is InChI=1S/C16H14O3/c1-3-10-4-6-12-13-7-5-11(18-2)9-15(13)19-16(17)14(12)8-10/h4-9H,3H2,1-2H3. The SMILES string of the molecule is CCc1ccc2c(c1)c(=O)oc1cc(OC)ccc12. The molecule has 1 heterocycles. The molecule has 0 saturated carbocycles. The van der Waals surface area contributed by atoms with Gasteiger partial charge < -0.3 is 9.15 Å². The second kappa shape index (κ2) is 4.43. The van der Waals surface area contributed by atoms with E-state index >= 15 is 0 Å². The largest absolute Gasteiger partial charge is 0.497 e. The van der Waals surface area contributed by atoms with E-state index in [0.717, 1.165) is 22.8 Å². The molecule has 3 rings (SSSR count). The fraction of sp³-hybridized carbons (Fsp3) is 0.188. The summed E-state index contributed by atoms with van der Waals surface area (Å²) < 4.78 is 10.5. The Balaban J connectivity index is 2.43. The molecule has 0 saturated heterocycles. The maximum absolute atomic E-state index is 12.1. The number of fused-ring (bicyclic) bond motifs is 3. The van der Waals surface area contributed by atoms with Crippen LogP contribution in [0.4, 0.5) is 0 Å². The van der Waals surface area contributed by atoms with Crippen molar-refractivity contribution in [1.29, 1.82) is 0 Å². The predicted molar refractivity (Wildman–Crippen MR) is 75.9 cm³/mol. The van der Waals surface area contributed by atoms with E-state index in [1.165, 1.54) is 0 Å². The van der Waals surface area contributed by atoms with E-state index in [2.05, 4.69) is 6.92 Å². The zero-order chi connectivity index (χ0) is 13.4. The van der Waals surface area contributed by atoms with Crippen LogP contribution in [0.25, 0.3) is 21.7 Å². The van der Waals surface area contributed by atoms with Crippen molar-refractivity contribution in [1.82, 2.24) is 0 Å². The first-order valence-corrected chi connectivity index (χ1v) is 6.26. The van der Waals surface area contributed by atoms with Gasteiger partial charge in [-0.3, -0.25) is 0 Å². The molecule has 0 N–H and O–H groups in total. The highest BCUT2D eigenvalue weighted by Gasteiger charge is 2.08. The van der Waals surface area contributed by atoms with Crippen molar-refractivity contribution < 1.29 is 9.15 Å². The summed E-state index contributed by atoms with van der Waals surface area (Å²) >= 11 is 0. The maximum atomic E-state index is 12.1. The van der Waals surface area contributed by atoms with Crippen LogP contribution in [0.2, 0.25) is 0 Å². The van der Waals surface area contributed by atoms with Crippen molar-refractivity contribution in [2.24, 2.45) is 0 Å².